The average molecular weight is 273 g/mol. The molecule has 0 aliphatic heterocycles. The molecule has 0 amide bonds. The van der Waals surface area contributed by atoms with Gasteiger partial charge in [-0.1, -0.05) is 0 Å². The number of hydrogen-bond acceptors (Lipinski definition) is 4. The zero-order valence-electron chi connectivity index (χ0n) is 11.9. The Labute approximate surface area is 119 Å². The van der Waals surface area contributed by atoms with Gasteiger partial charge in [-0.05, 0) is 42.8 Å². The lowest BCUT2D eigenvalue weighted by molar-refractivity contribution is 0.406. The minimum absolute atomic E-state index is 0.225. The molecule has 0 aromatic heterocycles. The van der Waals surface area contributed by atoms with E-state index in [2.05, 4.69) is 5.32 Å². The molecule has 106 valence electrons. The van der Waals surface area contributed by atoms with Gasteiger partial charge in [-0.25, -0.2) is 0 Å². The van der Waals surface area contributed by atoms with Gasteiger partial charge in [0.25, 0.3) is 0 Å². The van der Waals surface area contributed by atoms with Gasteiger partial charge >= 0.3 is 0 Å². The lowest BCUT2D eigenvalue weighted by Crippen LogP contribution is -2.01. The quantitative estimate of drug-likeness (QED) is 0.877. The normalized spacial score (nSPS) is 10.2. The van der Waals surface area contributed by atoms with E-state index >= 15 is 0 Å². The number of nitrogens with one attached hydrogen (secondary N) is 1. The Hall–Kier alpha value is -2.36. The van der Waals surface area contributed by atoms with E-state index in [9.17, 15) is 5.11 Å². The van der Waals surface area contributed by atoms with Crippen LogP contribution in [0.15, 0.2) is 36.4 Å². The summed E-state index contributed by atoms with van der Waals surface area (Å²) in [5.74, 6) is 1.70. The van der Waals surface area contributed by atoms with E-state index in [0.717, 1.165) is 22.6 Å². The summed E-state index contributed by atoms with van der Waals surface area (Å²) in [6.07, 6.45) is 0. The Morgan fingerprint density at radius 1 is 1.00 bits per heavy atom. The van der Waals surface area contributed by atoms with Crippen molar-refractivity contribution in [1.82, 2.24) is 0 Å². The molecule has 0 saturated heterocycles. The summed E-state index contributed by atoms with van der Waals surface area (Å²) < 4.78 is 10.2. The SMILES string of the molecule is COc1ccc(NCc2ccc(OC)cc2O)c(C)c1. The molecule has 0 bridgehead atoms. The van der Waals surface area contributed by atoms with Gasteiger partial charge in [0.1, 0.15) is 17.2 Å². The second kappa shape index (κ2) is 6.19. The van der Waals surface area contributed by atoms with E-state index in [1.54, 1.807) is 20.3 Å². The first-order chi connectivity index (χ1) is 9.63. The van der Waals surface area contributed by atoms with E-state index in [-0.39, 0.29) is 5.75 Å². The second-order valence-electron chi connectivity index (χ2n) is 4.53. The molecule has 0 atom stereocenters. The summed E-state index contributed by atoms with van der Waals surface area (Å²) in [5.41, 5.74) is 2.93. The Morgan fingerprint density at radius 2 is 1.65 bits per heavy atom. The predicted molar refractivity (Wildman–Crippen MR) is 79.7 cm³/mol. The summed E-state index contributed by atoms with van der Waals surface area (Å²) in [6.45, 7) is 2.56. The molecule has 0 aliphatic rings. The third kappa shape index (κ3) is 3.15. The van der Waals surface area contributed by atoms with Crippen molar-refractivity contribution < 1.29 is 14.6 Å². The highest BCUT2D eigenvalue weighted by Gasteiger charge is 2.05. The van der Waals surface area contributed by atoms with Crippen molar-refractivity contribution in [3.63, 3.8) is 0 Å². The van der Waals surface area contributed by atoms with Crippen LogP contribution >= 0.6 is 0 Å². The standard InChI is InChI=1S/C16H19NO3/c1-11-8-13(19-2)6-7-15(11)17-10-12-4-5-14(20-3)9-16(12)18/h4-9,17-18H,10H2,1-3H3. The summed E-state index contributed by atoms with van der Waals surface area (Å²) in [4.78, 5) is 0. The van der Waals surface area contributed by atoms with Crippen LogP contribution in [-0.4, -0.2) is 19.3 Å². The first kappa shape index (κ1) is 14.1. The summed E-state index contributed by atoms with van der Waals surface area (Å²) in [5, 5.41) is 13.2. The van der Waals surface area contributed by atoms with E-state index in [4.69, 9.17) is 9.47 Å². The highest BCUT2D eigenvalue weighted by molar-refractivity contribution is 5.54. The second-order valence-corrected chi connectivity index (χ2v) is 4.53. The Bertz CT molecular complexity index is 543. The van der Waals surface area contributed by atoms with Gasteiger partial charge in [-0.15, -0.1) is 0 Å². The first-order valence-corrected chi connectivity index (χ1v) is 6.38. The van der Waals surface area contributed by atoms with Crippen molar-refractivity contribution in [2.75, 3.05) is 19.5 Å². The summed E-state index contributed by atoms with van der Waals surface area (Å²) >= 11 is 0. The van der Waals surface area contributed by atoms with E-state index in [1.165, 1.54) is 0 Å². The summed E-state index contributed by atoms with van der Waals surface area (Å²) in [6, 6.07) is 11.1. The van der Waals surface area contributed by atoms with Crippen LogP contribution in [0.5, 0.6) is 17.2 Å². The lowest BCUT2D eigenvalue weighted by Gasteiger charge is -2.12. The fourth-order valence-electron chi connectivity index (χ4n) is 1.97. The zero-order chi connectivity index (χ0) is 14.5. The number of hydrogen-bond donors (Lipinski definition) is 2. The molecule has 2 rings (SSSR count). The van der Waals surface area contributed by atoms with Crippen LogP contribution in [0.2, 0.25) is 0 Å². The number of phenolic OH excluding ortho intramolecular Hbond substituents is 1. The molecule has 0 radical (unpaired) electrons. The van der Waals surface area contributed by atoms with Crippen molar-refractivity contribution >= 4 is 5.69 Å². The van der Waals surface area contributed by atoms with Crippen molar-refractivity contribution in [3.05, 3.63) is 47.5 Å². The number of aromatic hydroxyl groups is 1. The molecule has 0 aliphatic carbocycles. The molecular formula is C16H19NO3. The monoisotopic (exact) mass is 273 g/mol. The minimum Gasteiger partial charge on any atom is -0.507 e. The van der Waals surface area contributed by atoms with Crippen LogP contribution in [-0.2, 0) is 6.54 Å². The van der Waals surface area contributed by atoms with Crippen molar-refractivity contribution in [2.45, 2.75) is 13.5 Å². The number of rotatable bonds is 5. The van der Waals surface area contributed by atoms with Gasteiger partial charge in [-0.3, -0.25) is 0 Å². The fraction of sp³-hybridized carbons (Fsp3) is 0.250. The van der Waals surface area contributed by atoms with Crippen molar-refractivity contribution in [3.8, 4) is 17.2 Å². The molecule has 0 fully saturated rings. The maximum Gasteiger partial charge on any atom is 0.124 e. The molecular weight excluding hydrogens is 254 g/mol. The van der Waals surface area contributed by atoms with Crippen LogP contribution in [0, 0.1) is 6.92 Å². The van der Waals surface area contributed by atoms with E-state index in [0.29, 0.717) is 12.3 Å². The predicted octanol–water partition coefficient (Wildman–Crippen LogP) is 3.33. The number of ether oxygens (including phenoxy) is 2. The maximum atomic E-state index is 9.91. The van der Waals surface area contributed by atoms with Crippen molar-refractivity contribution in [2.24, 2.45) is 0 Å². The molecule has 0 spiro atoms. The number of methoxy groups -OCH3 is 2. The first-order valence-electron chi connectivity index (χ1n) is 6.38. The Morgan fingerprint density at radius 3 is 2.25 bits per heavy atom. The maximum absolute atomic E-state index is 9.91. The number of phenols is 1. The van der Waals surface area contributed by atoms with Crippen LogP contribution in [0.1, 0.15) is 11.1 Å². The minimum atomic E-state index is 0.225. The van der Waals surface area contributed by atoms with Gasteiger partial charge in [0.05, 0.1) is 14.2 Å². The molecule has 4 heteroatoms. The number of benzene rings is 2. The van der Waals surface area contributed by atoms with Crippen LogP contribution < -0.4 is 14.8 Å². The zero-order valence-corrected chi connectivity index (χ0v) is 11.9. The van der Waals surface area contributed by atoms with E-state index in [1.807, 2.05) is 37.3 Å². The molecule has 2 aromatic rings. The highest BCUT2D eigenvalue weighted by atomic mass is 16.5. The lowest BCUT2D eigenvalue weighted by atomic mass is 10.1. The third-order valence-corrected chi connectivity index (χ3v) is 3.20. The van der Waals surface area contributed by atoms with Gasteiger partial charge < -0.3 is 19.9 Å². The Kier molecular flexibility index (Phi) is 4.35. The number of anilines is 1. The summed E-state index contributed by atoms with van der Waals surface area (Å²) in [7, 11) is 3.23. The fourth-order valence-corrected chi connectivity index (χ4v) is 1.97. The smallest absolute Gasteiger partial charge is 0.124 e. The molecule has 0 unspecified atom stereocenters. The third-order valence-electron chi connectivity index (χ3n) is 3.20. The van der Waals surface area contributed by atoms with Gasteiger partial charge in [0.15, 0.2) is 0 Å². The molecule has 2 N–H and O–H groups in total. The molecule has 20 heavy (non-hydrogen) atoms. The average Bonchev–Trinajstić information content (AvgIpc) is 2.46. The van der Waals surface area contributed by atoms with E-state index < -0.39 is 0 Å². The van der Waals surface area contributed by atoms with Crippen molar-refractivity contribution in [1.29, 1.82) is 0 Å². The van der Waals surface area contributed by atoms with Crippen LogP contribution in [0.4, 0.5) is 5.69 Å². The molecule has 0 saturated carbocycles. The molecule has 2 aromatic carbocycles. The molecule has 0 heterocycles. The van der Waals surface area contributed by atoms with Gasteiger partial charge in [0.2, 0.25) is 0 Å². The van der Waals surface area contributed by atoms with Crippen LogP contribution in [0.3, 0.4) is 0 Å². The Balaban J connectivity index is 2.09. The van der Waals surface area contributed by atoms with Crippen LogP contribution in [0.25, 0.3) is 0 Å². The molecule has 4 nitrogen and oxygen atoms in total. The van der Waals surface area contributed by atoms with Gasteiger partial charge in [-0.2, -0.15) is 0 Å². The van der Waals surface area contributed by atoms with Gasteiger partial charge in [0, 0.05) is 23.9 Å². The topological polar surface area (TPSA) is 50.7 Å². The largest absolute Gasteiger partial charge is 0.507 e. The highest BCUT2D eigenvalue weighted by Crippen LogP contribution is 2.26. The number of aryl methyl sites for hydroxylation is 1.